The number of ether oxygens (including phenoxy) is 3. The predicted molar refractivity (Wildman–Crippen MR) is 620 cm³/mol. The Morgan fingerprint density at radius 3 is 0.743 bits per heavy atom. The number of nitrogens with one attached hydrogen (secondary N) is 2. The molecule has 6 fully saturated rings. The van der Waals surface area contributed by atoms with E-state index in [9.17, 15) is 56.5 Å². The molecule has 6 aliphatic rings. The molecule has 12 N–H and O–H groups in total. The smallest absolute Gasteiger partial charge is 0.410 e. The molecule has 3 amide bonds. The van der Waals surface area contributed by atoms with Crippen LogP contribution in [0.4, 0.5) is 14.4 Å². The zero-order chi connectivity index (χ0) is 109. The maximum Gasteiger partial charge on any atom is 0.410 e. The third-order valence-electron chi connectivity index (χ3n) is 27.2. The normalized spacial score (nSPS) is 20.0. The van der Waals surface area contributed by atoms with Gasteiger partial charge in [0, 0.05) is 69.6 Å². The van der Waals surface area contributed by atoms with Crippen molar-refractivity contribution in [2.45, 2.75) is 252 Å². The minimum Gasteiger partial charge on any atom is -0.444 e. The number of nitrogens with two attached hydrogens (primary N) is 2. The number of likely N-dealkylation sites (tertiary alicyclic amines) is 6. The number of halogens is 2. The Balaban J connectivity index is 0.000000244. The molecular weight excluding hydrogens is 2100 g/mol. The summed E-state index contributed by atoms with van der Waals surface area (Å²) in [5, 5.41) is 16.9. The van der Waals surface area contributed by atoms with E-state index in [1.54, 1.807) is 62.3 Å². The Morgan fingerprint density at radius 2 is 0.520 bits per heavy atom. The van der Waals surface area contributed by atoms with Crippen LogP contribution in [0.1, 0.15) is 184 Å². The topological polar surface area (TPSA) is 440 Å². The van der Waals surface area contributed by atoms with Gasteiger partial charge in [0.1, 0.15) is 35.7 Å². The van der Waals surface area contributed by atoms with E-state index in [0.29, 0.717) is 51.9 Å². The molecule has 42 heteroatoms. The fourth-order valence-electron chi connectivity index (χ4n) is 19.6. The van der Waals surface area contributed by atoms with Gasteiger partial charge in [0.05, 0.1) is 31.5 Å². The second kappa shape index (κ2) is 51.2. The fourth-order valence-corrected chi connectivity index (χ4v) is 57.5. The van der Waals surface area contributed by atoms with Gasteiger partial charge < -0.3 is 55.9 Å². The van der Waals surface area contributed by atoms with E-state index in [4.69, 9.17) is 53.9 Å². The van der Waals surface area contributed by atoms with Crippen LogP contribution >= 0.6 is 21.4 Å². The van der Waals surface area contributed by atoms with Gasteiger partial charge in [-0.25, -0.2) is 75.5 Å². The molecule has 8 atom stereocenters. The molecule has 0 bridgehead atoms. The van der Waals surface area contributed by atoms with Gasteiger partial charge in [-0.2, -0.15) is 0 Å². The minimum absolute atomic E-state index is 0. The molecular formula is C106H166Cl2N14O16S6Si4. The van der Waals surface area contributed by atoms with Crippen molar-refractivity contribution < 1.29 is 70.7 Å². The zero-order valence-corrected chi connectivity index (χ0v) is 102. The third kappa shape index (κ3) is 33.0. The van der Waals surface area contributed by atoms with Crippen molar-refractivity contribution in [3.63, 3.8) is 0 Å². The average Bonchev–Trinajstić information content (AvgIpc) is 0.938. The van der Waals surface area contributed by atoms with Crippen LogP contribution < -0.4 is 72.8 Å². The highest BCUT2D eigenvalue weighted by atomic mass is 35.7. The molecule has 0 radical (unpaired) electrons. The van der Waals surface area contributed by atoms with Crippen LogP contribution in [0, 0.1) is 0 Å². The number of carbonyl (C=O) groups excluding carboxylic acids is 3. The van der Waals surface area contributed by atoms with Crippen molar-refractivity contribution in [2.24, 2.45) is 18.3 Å². The molecule has 822 valence electrons. The molecule has 8 aromatic carbocycles. The van der Waals surface area contributed by atoms with Crippen LogP contribution in [0.25, 0.3) is 0 Å². The van der Waals surface area contributed by atoms with E-state index >= 15 is 0 Å². The van der Waals surface area contributed by atoms with Crippen LogP contribution in [-0.2, 0) is 72.2 Å². The summed E-state index contributed by atoms with van der Waals surface area (Å²) in [4.78, 5) is 46.4. The quantitative estimate of drug-likeness (QED) is 0.0234. The van der Waals surface area contributed by atoms with Crippen LogP contribution in [0.5, 0.6) is 0 Å². The highest BCUT2D eigenvalue weighted by molar-refractivity contribution is 8.16. The second-order valence-electron chi connectivity index (χ2n) is 46.0. The summed E-state index contributed by atoms with van der Waals surface area (Å²) in [7, 11) is -13.3. The van der Waals surface area contributed by atoms with E-state index in [-0.39, 0.29) is 67.8 Å². The van der Waals surface area contributed by atoms with Crippen molar-refractivity contribution in [3.8, 4) is 0 Å². The van der Waals surface area contributed by atoms with Gasteiger partial charge in [-0.1, -0.05) is 326 Å². The summed E-state index contributed by atoms with van der Waals surface area (Å²) in [6, 6.07) is 81.5. The van der Waals surface area contributed by atoms with Crippen molar-refractivity contribution in [2.75, 3.05) is 99.7 Å². The van der Waals surface area contributed by atoms with Gasteiger partial charge in [0.15, 0.2) is 0 Å². The standard InChI is InChI=1S/C25H36N2O4SSi.C21H29ClN2OSSi.C21H31N3OSSi.C21H30N2O2SSi.C9H16ClNO4S.C9H18N2O4S.2H3N/c1-24(2,3)31-23(28)27-18-17-20(19-27)32(29,30)26-33(25(4,5)6,21-13-9-7-10-14-21)22-15-11-8-12-16-22;2*1-21(2,3)27(19-11-7-5-8-12-19,20-13-9-6-10-14-20)23-26(22,25)18-15-16-24(4)17-18;1-21(2,3)27(19-11-7-5-8-12-19,20-13-9-6-10-14-20)22-26(24,25)18-15-16-23(4)17-18;2*1-9(2,3)15-8(12)11-5-4-7(6-11)16(10,13)14;;/h7-16,20,26H,17-19H2,1-6H3;5-14,18H,15-17H2,1-4H3;5-14,18H,15-17H2,1-4H3,(H2,22,23,25);5-14,18,22H,15-17H2,1-4H3;7H,4-6H2,1-3H3;7H,4-6H2,1-3H3,(H2,10,13,14);2*1H3. The molecule has 0 aliphatic carbocycles. The lowest BCUT2D eigenvalue weighted by atomic mass is 10.2. The minimum atomic E-state index is -3.74. The Kier molecular flexibility index (Phi) is 44.0. The Morgan fingerprint density at radius 1 is 0.304 bits per heavy atom. The number of benzene rings is 8. The van der Waals surface area contributed by atoms with Gasteiger partial charge in [-0.05, 0) is 214 Å². The molecule has 14 rings (SSSR count). The summed E-state index contributed by atoms with van der Waals surface area (Å²) in [5.41, 5.74) is -1.77. The Bertz CT molecular complexity index is 6030. The van der Waals surface area contributed by atoms with Gasteiger partial charge in [0.25, 0.3) is 16.5 Å². The molecule has 0 spiro atoms. The summed E-state index contributed by atoms with van der Waals surface area (Å²) in [5.74, 6) is 0. The van der Waals surface area contributed by atoms with E-state index in [2.05, 4.69) is 193 Å². The van der Waals surface area contributed by atoms with Crippen LogP contribution in [0.2, 0.25) is 20.2 Å². The molecule has 8 aromatic rings. The fraction of sp³-hybridized carbons (Fsp3) is 0.519. The first-order chi connectivity index (χ1) is 67.4. The Labute approximate surface area is 898 Å². The van der Waals surface area contributed by atoms with Gasteiger partial charge in [-0.15, -0.1) is 0 Å². The van der Waals surface area contributed by atoms with Crippen LogP contribution in [0.3, 0.4) is 0 Å². The second-order valence-corrected chi connectivity index (χ2v) is 78.7. The molecule has 0 saturated carbocycles. The Hall–Kier alpha value is -7.64. The SMILES string of the molecule is CC(C)(C)OC(=O)N1CCC(S(=O)(=O)Cl)C1.CC(C)(C)OC(=O)N1CCC(S(=O)(=O)N[Si](c2ccccc2)(c2ccccc2)C(C)(C)C)C1.CC(C)(C)OC(=O)N1CCC(S(N)(=O)=O)C1.CN1CCC(S(=O)(=O)N[Si](c2ccccc2)(c2ccccc2)C(C)(C)C)C1.CN1CCC(S(=O)(Cl)=N[Si](c2ccccc2)(c2ccccc2)C(C)(C)C)C1.CN1CCC(S(N)(=O)=N[Si](c2ccccc2)(c2ccccc2)C(C)(C)C)C1.N.N. The van der Waals surface area contributed by atoms with E-state index in [1.165, 1.54) is 14.7 Å². The predicted octanol–water partition coefficient (Wildman–Crippen LogP) is 14.3. The lowest BCUT2D eigenvalue weighted by Gasteiger charge is -2.44. The van der Waals surface area contributed by atoms with Gasteiger partial charge >= 0.3 is 18.3 Å². The number of amides is 3. The maximum absolute atomic E-state index is 13.8. The molecule has 6 saturated heterocycles. The zero-order valence-electron chi connectivity index (χ0n) is 91.2. The lowest BCUT2D eigenvalue weighted by molar-refractivity contribution is 0.0284. The molecule has 6 aliphatic heterocycles. The van der Waals surface area contributed by atoms with E-state index in [0.717, 1.165) is 87.1 Å². The highest BCUT2D eigenvalue weighted by Gasteiger charge is 2.57. The molecule has 30 nitrogen and oxygen atoms in total. The van der Waals surface area contributed by atoms with Crippen molar-refractivity contribution >= 4 is 172 Å². The van der Waals surface area contributed by atoms with Gasteiger partial charge in [0.2, 0.25) is 55.6 Å². The summed E-state index contributed by atoms with van der Waals surface area (Å²) >= 11 is 0. The van der Waals surface area contributed by atoms with Crippen LogP contribution in [-0.4, -0.2) is 271 Å². The number of primary sulfonamides is 1. The summed E-state index contributed by atoms with van der Waals surface area (Å²) in [6.45, 7) is 48.2. The number of carbonyl (C=O) groups is 3. The largest absolute Gasteiger partial charge is 0.444 e. The molecule has 6 heterocycles. The van der Waals surface area contributed by atoms with E-state index in [1.807, 2.05) is 177 Å². The number of sulfonamides is 3. The van der Waals surface area contributed by atoms with Crippen molar-refractivity contribution in [1.82, 2.24) is 50.5 Å². The number of nitrogens with zero attached hydrogens (tertiary/aromatic N) is 8. The van der Waals surface area contributed by atoms with Crippen molar-refractivity contribution in [1.29, 1.82) is 0 Å². The molecule has 0 aromatic heterocycles. The van der Waals surface area contributed by atoms with Gasteiger partial charge in [-0.3, -0.25) is 8.06 Å². The highest BCUT2D eigenvalue weighted by Crippen LogP contribution is 2.43. The number of rotatable bonds is 20. The average molecular weight is 2270 g/mol. The summed E-state index contributed by atoms with van der Waals surface area (Å²) < 4.78 is 159. The first-order valence-corrected chi connectivity index (χ1v) is 68.9. The molecule has 148 heavy (non-hydrogen) atoms. The lowest BCUT2D eigenvalue weighted by Crippen LogP contribution is -2.75. The monoisotopic (exact) mass is 2260 g/mol. The van der Waals surface area contributed by atoms with Crippen molar-refractivity contribution in [3.05, 3.63) is 243 Å². The van der Waals surface area contributed by atoms with Crippen LogP contribution in [0.15, 0.2) is 251 Å². The maximum atomic E-state index is 13.8. The third-order valence-corrected chi connectivity index (χ3v) is 64.3. The first kappa shape index (κ1) is 127. The molecule has 8 unspecified atom stereocenters. The number of hydrogen-bond donors (Lipinski definition) is 6. The number of hydrogen-bond acceptors (Lipinski definition) is 23. The van der Waals surface area contributed by atoms with E-state index < -0.39 is 142 Å². The summed E-state index contributed by atoms with van der Waals surface area (Å²) in [6.07, 6.45) is 2.04. The first-order valence-electron chi connectivity index (χ1n) is 49.9.